The second-order valence-electron chi connectivity index (χ2n) is 9.68. The maximum Gasteiger partial charge on any atom is 0.0636 e. The van der Waals surface area contributed by atoms with Crippen molar-refractivity contribution >= 4 is 64.6 Å². The summed E-state index contributed by atoms with van der Waals surface area (Å²) in [4.78, 5) is 0. The zero-order chi connectivity index (χ0) is 45.9. The highest BCUT2D eigenvalue weighted by Gasteiger charge is 2.12. The Morgan fingerprint density at radius 3 is 1.14 bits per heavy atom. The molecule has 0 bridgehead atoms. The number of rotatable bonds is 2. The van der Waals surface area contributed by atoms with E-state index in [1.54, 1.807) is 0 Å². The molecule has 42 heavy (non-hydrogen) atoms. The molecule has 0 aliphatic heterocycles. The van der Waals surface area contributed by atoms with Gasteiger partial charge in [0.2, 0.25) is 0 Å². The molecule has 9 rings (SSSR count). The average Bonchev–Trinajstić information content (AvgIpc) is 3.27. The van der Waals surface area contributed by atoms with Crippen molar-refractivity contribution in [3.8, 4) is 22.3 Å². The van der Waals surface area contributed by atoms with Crippen molar-refractivity contribution in [2.75, 3.05) is 0 Å². The van der Waals surface area contributed by atoms with Crippen molar-refractivity contribution in [2.45, 2.75) is 0 Å². The summed E-state index contributed by atoms with van der Waals surface area (Å²) in [6, 6.07) is -5.66. The first-order chi connectivity index (χ1) is 29.6. The number of hydrogen-bond acceptors (Lipinski definition) is 0. The summed E-state index contributed by atoms with van der Waals surface area (Å²) in [7, 11) is 0. The third kappa shape index (κ3) is 3.42. The average molecular weight is 552 g/mol. The van der Waals surface area contributed by atoms with Gasteiger partial charge in [-0.25, -0.2) is 0 Å². The summed E-state index contributed by atoms with van der Waals surface area (Å²) in [5.74, 6) is 0. The van der Waals surface area contributed by atoms with Crippen LogP contribution in [0.15, 0.2) is 157 Å². The Balaban J connectivity index is 1.42. The molecule has 0 unspecified atom stereocenters. The van der Waals surface area contributed by atoms with Gasteiger partial charge in [0.25, 0.3) is 0 Å². The summed E-state index contributed by atoms with van der Waals surface area (Å²) < 4.78 is 185. The van der Waals surface area contributed by atoms with Gasteiger partial charge in [-0.15, -0.1) is 0 Å². The molecule has 0 heterocycles. The van der Waals surface area contributed by atoms with Crippen molar-refractivity contribution in [2.24, 2.45) is 0 Å². The van der Waals surface area contributed by atoms with Gasteiger partial charge in [0.15, 0.2) is 0 Å². The van der Waals surface area contributed by atoms with Gasteiger partial charge in [-0.2, -0.15) is 0 Å². The third-order valence-corrected chi connectivity index (χ3v) is 7.42. The molecule has 9 aromatic rings. The molecule has 0 aromatic heterocycles. The fraction of sp³-hybridized carbons (Fsp3) is 0. The maximum absolute atomic E-state index is 9.61. The van der Waals surface area contributed by atoms with Gasteiger partial charge >= 0.3 is 0 Å². The Bertz CT molecular complexity index is 3600. The molecule has 0 amide bonds. The highest BCUT2D eigenvalue weighted by molar-refractivity contribution is 6.27. The topological polar surface area (TPSA) is 0 Å². The third-order valence-electron chi connectivity index (χ3n) is 7.42. The standard InChI is InChI=1S/C42H26/c1-3-16-35-31(12-1)33-14-5-7-18-37(33)41-25-29(20-22-39(35)41)27-10-9-11-28(24-27)30-21-23-40-36-17-4-2-13-32(36)34-15-6-8-19-38(34)42(40)26-30/h1-26H/i1D,2D,3D,4D,5D,6D,7D,8D,12D,13D,14D,15D,16D,17D,18D,19D,20D,21D,22D,23D,25D. The van der Waals surface area contributed by atoms with Crippen molar-refractivity contribution in [1.82, 2.24) is 0 Å². The van der Waals surface area contributed by atoms with Gasteiger partial charge in [-0.3, -0.25) is 0 Å². The van der Waals surface area contributed by atoms with Crippen LogP contribution >= 0.6 is 0 Å². The molecule has 0 aliphatic rings. The van der Waals surface area contributed by atoms with E-state index in [2.05, 4.69) is 0 Å². The zero-order valence-corrected chi connectivity index (χ0v) is 21.4. The second-order valence-corrected chi connectivity index (χ2v) is 9.68. The molecule has 0 N–H and O–H groups in total. The molecule has 194 valence electrons. The second kappa shape index (κ2) is 9.03. The minimum atomic E-state index is -0.704. The van der Waals surface area contributed by atoms with Crippen LogP contribution in [0.5, 0.6) is 0 Å². The van der Waals surface area contributed by atoms with Crippen LogP contribution in [0.1, 0.15) is 28.8 Å². The predicted molar refractivity (Wildman–Crippen MR) is 182 cm³/mol. The highest BCUT2D eigenvalue weighted by Crippen LogP contribution is 2.39. The Morgan fingerprint density at radius 1 is 0.286 bits per heavy atom. The van der Waals surface area contributed by atoms with Crippen molar-refractivity contribution in [3.05, 3.63) is 157 Å². The first kappa shape index (κ1) is 10.7. The monoisotopic (exact) mass is 551 g/mol. The molecular formula is C42H26. The van der Waals surface area contributed by atoms with Gasteiger partial charge in [0, 0.05) is 0 Å². The summed E-state index contributed by atoms with van der Waals surface area (Å²) in [5.41, 5.74) is 0.0622. The quantitative estimate of drug-likeness (QED) is 0.187. The number of benzene rings is 9. The largest absolute Gasteiger partial charge is 0.0636 e. The van der Waals surface area contributed by atoms with Crippen LogP contribution in [0.4, 0.5) is 0 Å². The lowest BCUT2D eigenvalue weighted by Crippen LogP contribution is -1.87. The minimum Gasteiger partial charge on any atom is -0.0616 e. The van der Waals surface area contributed by atoms with Gasteiger partial charge in [0.1, 0.15) is 0 Å². The van der Waals surface area contributed by atoms with E-state index in [0.717, 1.165) is 0 Å². The highest BCUT2D eigenvalue weighted by atomic mass is 14.2. The van der Waals surface area contributed by atoms with Crippen LogP contribution in [0, 0.1) is 0 Å². The SMILES string of the molecule is [2H]c1c(-c2cccc(-c3c([2H])c([2H])c4c5c([2H])c([2H])c([2H])c([2H])c5c5c([2H])c([2H])c([2H])c([2H])c5c4c3[2H])c2)cc2c(c1[2H])c1c([2H])c([2H])c([2H])c([2H])c1c1c([2H])c([2H])c([2H])c([2H])c21. The van der Waals surface area contributed by atoms with E-state index < -0.39 is 127 Å². The molecule has 9 aromatic carbocycles. The Hall–Kier alpha value is -5.46. The molecule has 0 nitrogen and oxygen atoms in total. The van der Waals surface area contributed by atoms with E-state index in [9.17, 15) is 6.85 Å². The molecule has 0 spiro atoms. The van der Waals surface area contributed by atoms with Crippen LogP contribution in [-0.4, -0.2) is 0 Å². The molecule has 0 saturated carbocycles. The van der Waals surface area contributed by atoms with E-state index in [1.165, 1.54) is 30.3 Å². The van der Waals surface area contributed by atoms with E-state index in [0.29, 0.717) is 0 Å². The molecule has 0 fully saturated rings. The zero-order valence-electron chi connectivity index (χ0n) is 42.4. The normalized spacial score (nSPS) is 18.8. The van der Waals surface area contributed by atoms with Gasteiger partial charge in [-0.1, -0.05) is 139 Å². The molecule has 0 aliphatic carbocycles. The Kier molecular flexibility index (Phi) is 2.31. The lowest BCUT2D eigenvalue weighted by atomic mass is 9.90. The van der Waals surface area contributed by atoms with Crippen molar-refractivity contribution in [3.63, 3.8) is 0 Å². The lowest BCUT2D eigenvalue weighted by Gasteiger charge is -2.13. The van der Waals surface area contributed by atoms with Crippen molar-refractivity contribution in [1.29, 1.82) is 0 Å². The molecule has 0 saturated heterocycles. The fourth-order valence-corrected chi connectivity index (χ4v) is 5.53. The van der Waals surface area contributed by atoms with Crippen LogP contribution in [0.25, 0.3) is 86.9 Å². The summed E-state index contributed by atoms with van der Waals surface area (Å²) >= 11 is 0. The number of fused-ring (bicyclic) bond motifs is 12. The van der Waals surface area contributed by atoms with Crippen LogP contribution in [0.2, 0.25) is 0 Å². The lowest BCUT2D eigenvalue weighted by molar-refractivity contribution is 1.62. The molecule has 0 radical (unpaired) electrons. The Labute approximate surface area is 273 Å². The van der Waals surface area contributed by atoms with Gasteiger partial charge < -0.3 is 0 Å². The number of hydrogen-bond donors (Lipinski definition) is 0. The van der Waals surface area contributed by atoms with Gasteiger partial charge in [0.05, 0.1) is 28.8 Å². The van der Waals surface area contributed by atoms with E-state index in [4.69, 9.17) is 21.9 Å². The molecule has 0 heteroatoms. The maximum atomic E-state index is 9.61. The van der Waals surface area contributed by atoms with Crippen molar-refractivity contribution < 1.29 is 28.8 Å². The first-order valence-corrected chi connectivity index (χ1v) is 12.9. The van der Waals surface area contributed by atoms with E-state index in [-0.39, 0.29) is 86.9 Å². The summed E-state index contributed by atoms with van der Waals surface area (Å²) in [5, 5.41) is -2.78. The Morgan fingerprint density at radius 2 is 0.643 bits per heavy atom. The van der Waals surface area contributed by atoms with E-state index in [1.807, 2.05) is 0 Å². The predicted octanol–water partition coefficient (Wildman–Crippen LogP) is 11.9. The minimum absolute atomic E-state index is 0.00903. The summed E-state index contributed by atoms with van der Waals surface area (Å²) in [6.07, 6.45) is 0. The summed E-state index contributed by atoms with van der Waals surface area (Å²) in [6.45, 7) is 0. The van der Waals surface area contributed by atoms with Gasteiger partial charge in [-0.05, 0) is 105 Å². The molecular weight excluding hydrogens is 504 g/mol. The van der Waals surface area contributed by atoms with Crippen LogP contribution < -0.4 is 0 Å². The first-order valence-electron chi connectivity index (χ1n) is 23.4. The van der Waals surface area contributed by atoms with Crippen LogP contribution in [-0.2, 0) is 0 Å². The molecule has 0 atom stereocenters. The fourth-order valence-electron chi connectivity index (χ4n) is 5.53. The smallest absolute Gasteiger partial charge is 0.0616 e. The van der Waals surface area contributed by atoms with E-state index >= 15 is 0 Å². The van der Waals surface area contributed by atoms with Crippen LogP contribution in [0.3, 0.4) is 0 Å².